The van der Waals surface area contributed by atoms with Crippen LogP contribution in [0.15, 0.2) is 40.3 Å². The third-order valence-electron chi connectivity index (χ3n) is 3.46. The molecule has 0 unspecified atom stereocenters. The zero-order valence-electron chi connectivity index (χ0n) is 14.6. The Morgan fingerprint density at radius 2 is 1.85 bits per heavy atom. The van der Waals surface area contributed by atoms with Gasteiger partial charge in [0, 0.05) is 17.3 Å². The quantitative estimate of drug-likeness (QED) is 0.552. The van der Waals surface area contributed by atoms with Crippen LogP contribution in [-0.2, 0) is 14.8 Å². The third-order valence-corrected chi connectivity index (χ3v) is 4.72. The average Bonchev–Trinajstić information content (AvgIpc) is 2.53. The highest BCUT2D eigenvalue weighted by atomic mass is 32.2. The van der Waals surface area contributed by atoms with Crippen molar-refractivity contribution in [2.75, 3.05) is 17.2 Å². The summed E-state index contributed by atoms with van der Waals surface area (Å²) in [6.45, 7) is 5.65. The molecule has 26 heavy (non-hydrogen) atoms. The molecule has 0 radical (unpaired) electrons. The number of thiol groups is 1. The second-order valence-electron chi connectivity index (χ2n) is 6.65. The minimum absolute atomic E-state index is 0.0118. The van der Waals surface area contributed by atoms with Gasteiger partial charge in [0.05, 0.1) is 16.3 Å². The molecule has 0 aliphatic heterocycles. The first-order valence-electron chi connectivity index (χ1n) is 7.70. The molecule has 1 heterocycles. The van der Waals surface area contributed by atoms with Crippen LogP contribution in [0.3, 0.4) is 0 Å². The Morgan fingerprint density at radius 1 is 1.23 bits per heavy atom. The molecule has 0 saturated carbocycles. The van der Waals surface area contributed by atoms with Gasteiger partial charge in [0.2, 0.25) is 16.0 Å². The maximum atomic E-state index is 12.0. The summed E-state index contributed by atoms with van der Waals surface area (Å²) in [5, 5.41) is 11.0. The third kappa shape index (κ3) is 5.41. The van der Waals surface area contributed by atoms with Crippen molar-refractivity contribution in [3.8, 4) is 0 Å². The number of carbonyl (C=O) groups is 1. The van der Waals surface area contributed by atoms with E-state index in [1.807, 2.05) is 20.8 Å². The van der Waals surface area contributed by atoms with E-state index in [4.69, 9.17) is 5.14 Å². The largest absolute Gasteiger partial charge is 0.362 e. The average molecular weight is 396 g/mol. The van der Waals surface area contributed by atoms with Crippen LogP contribution >= 0.6 is 12.6 Å². The number of nitrogens with zero attached hydrogens (tertiary/aromatic N) is 2. The van der Waals surface area contributed by atoms with Crippen LogP contribution in [-0.4, -0.2) is 30.7 Å². The van der Waals surface area contributed by atoms with E-state index >= 15 is 0 Å². The van der Waals surface area contributed by atoms with Gasteiger partial charge in [0.15, 0.2) is 5.78 Å². The molecule has 2 aromatic rings. The summed E-state index contributed by atoms with van der Waals surface area (Å²) in [5.74, 6) is 0.735. The summed E-state index contributed by atoms with van der Waals surface area (Å²) in [6.07, 6.45) is 1.50. The first-order valence-corrected chi connectivity index (χ1v) is 9.69. The lowest BCUT2D eigenvalue weighted by Crippen LogP contribution is -2.27. The van der Waals surface area contributed by atoms with Gasteiger partial charge >= 0.3 is 0 Å². The lowest BCUT2D eigenvalue weighted by atomic mass is 9.91. The number of hydrogen-bond donors (Lipinski definition) is 4. The molecular weight excluding hydrogens is 374 g/mol. The molecule has 1 aromatic heterocycles. The van der Waals surface area contributed by atoms with Gasteiger partial charge in [-0.1, -0.05) is 20.8 Å². The number of nitrogens with one attached hydrogen (secondary N) is 2. The molecule has 4 N–H and O–H groups in total. The van der Waals surface area contributed by atoms with Gasteiger partial charge < -0.3 is 10.6 Å². The van der Waals surface area contributed by atoms with Crippen molar-refractivity contribution in [3.63, 3.8) is 0 Å². The van der Waals surface area contributed by atoms with Crippen molar-refractivity contribution >= 4 is 45.9 Å². The Kier molecular flexibility index (Phi) is 5.89. The van der Waals surface area contributed by atoms with E-state index in [1.54, 1.807) is 12.1 Å². The molecule has 0 aliphatic rings. The molecule has 0 bridgehead atoms. The number of carbonyl (C=O) groups excluding carboxylic acids is 1. The number of anilines is 3. The van der Waals surface area contributed by atoms with Gasteiger partial charge in [-0.05, 0) is 24.3 Å². The summed E-state index contributed by atoms with van der Waals surface area (Å²) in [5.41, 5.74) is 0.129. The second kappa shape index (κ2) is 7.60. The van der Waals surface area contributed by atoms with Gasteiger partial charge in [0.25, 0.3) is 0 Å². The highest BCUT2D eigenvalue weighted by molar-refractivity contribution is 7.89. The Hall–Kier alpha value is -2.17. The number of rotatable bonds is 6. The van der Waals surface area contributed by atoms with Crippen molar-refractivity contribution in [1.82, 2.24) is 9.97 Å². The molecule has 2 rings (SSSR count). The number of primary sulfonamides is 1. The van der Waals surface area contributed by atoms with Gasteiger partial charge in [-0.25, -0.2) is 18.5 Å². The molecule has 0 atom stereocenters. The number of ketones is 1. The number of benzene rings is 1. The van der Waals surface area contributed by atoms with Crippen molar-refractivity contribution < 1.29 is 13.2 Å². The Labute approximate surface area is 158 Å². The van der Waals surface area contributed by atoms with Crippen molar-refractivity contribution in [2.45, 2.75) is 30.6 Å². The van der Waals surface area contributed by atoms with Crippen LogP contribution < -0.4 is 15.8 Å². The fourth-order valence-corrected chi connectivity index (χ4v) is 2.55. The Morgan fingerprint density at radius 3 is 2.38 bits per heavy atom. The Bertz CT molecular complexity index is 906. The lowest BCUT2D eigenvalue weighted by Gasteiger charge is -2.17. The van der Waals surface area contributed by atoms with Crippen molar-refractivity contribution in [2.24, 2.45) is 10.6 Å². The smallest absolute Gasteiger partial charge is 0.238 e. The second-order valence-corrected chi connectivity index (χ2v) is 8.69. The molecule has 140 valence electrons. The first-order chi connectivity index (χ1) is 12.0. The number of sulfonamides is 1. The lowest BCUT2D eigenvalue weighted by molar-refractivity contribution is -0.124. The molecule has 0 saturated heterocycles. The standard InChI is InChI=1S/C16H21N5O3S2/c1-16(2,3)13(22)9-18-14-12(25)8-19-15(21-14)20-10-4-6-11(7-5-10)26(17,23)24/h4-8,25H,9H2,1-3H3,(H2,17,23,24)(H2,18,19,20,21). The predicted molar refractivity (Wildman–Crippen MR) is 103 cm³/mol. The van der Waals surface area contributed by atoms with Crippen molar-refractivity contribution in [3.05, 3.63) is 30.5 Å². The summed E-state index contributed by atoms with van der Waals surface area (Å²) in [7, 11) is -3.74. The SMILES string of the molecule is CC(C)(C)C(=O)CNc1nc(Nc2ccc(S(N)(=O)=O)cc2)ncc1S. The van der Waals surface area contributed by atoms with E-state index in [2.05, 4.69) is 33.2 Å². The molecule has 0 aliphatic carbocycles. The monoisotopic (exact) mass is 395 g/mol. The fourth-order valence-electron chi connectivity index (χ4n) is 1.85. The number of nitrogens with two attached hydrogens (primary N) is 1. The minimum Gasteiger partial charge on any atom is -0.362 e. The van der Waals surface area contributed by atoms with E-state index in [-0.39, 0.29) is 23.2 Å². The van der Waals surface area contributed by atoms with Crippen LogP contribution in [0.25, 0.3) is 0 Å². The maximum absolute atomic E-state index is 12.0. The number of hydrogen-bond acceptors (Lipinski definition) is 8. The van der Waals surface area contributed by atoms with E-state index in [1.165, 1.54) is 18.3 Å². The summed E-state index contributed by atoms with van der Waals surface area (Å²) < 4.78 is 22.5. The van der Waals surface area contributed by atoms with Gasteiger partial charge in [-0.15, -0.1) is 12.6 Å². The zero-order valence-corrected chi connectivity index (χ0v) is 16.4. The molecule has 0 spiro atoms. The fraction of sp³-hybridized carbons (Fsp3) is 0.312. The summed E-state index contributed by atoms with van der Waals surface area (Å²) in [6, 6.07) is 5.86. The van der Waals surface area contributed by atoms with Gasteiger partial charge in [0.1, 0.15) is 5.82 Å². The normalized spacial score (nSPS) is 11.9. The van der Waals surface area contributed by atoms with Crippen LogP contribution in [0.4, 0.5) is 17.5 Å². The van der Waals surface area contributed by atoms with E-state index < -0.39 is 15.4 Å². The topological polar surface area (TPSA) is 127 Å². The molecule has 0 amide bonds. The number of aromatic nitrogens is 2. The van der Waals surface area contributed by atoms with E-state index in [0.717, 1.165) is 0 Å². The molecule has 1 aromatic carbocycles. The van der Waals surface area contributed by atoms with Gasteiger partial charge in [-0.3, -0.25) is 4.79 Å². The van der Waals surface area contributed by atoms with Crippen LogP contribution in [0, 0.1) is 5.41 Å². The van der Waals surface area contributed by atoms with Crippen LogP contribution in [0.5, 0.6) is 0 Å². The van der Waals surface area contributed by atoms with E-state index in [0.29, 0.717) is 16.4 Å². The zero-order chi connectivity index (χ0) is 19.5. The first kappa shape index (κ1) is 20.1. The molecular formula is C16H21N5O3S2. The van der Waals surface area contributed by atoms with E-state index in [9.17, 15) is 13.2 Å². The summed E-state index contributed by atoms with van der Waals surface area (Å²) in [4.78, 5) is 20.9. The summed E-state index contributed by atoms with van der Waals surface area (Å²) >= 11 is 4.28. The molecule has 8 nitrogen and oxygen atoms in total. The predicted octanol–water partition coefficient (Wildman–Crippen LogP) is 2.18. The maximum Gasteiger partial charge on any atom is 0.238 e. The number of Topliss-reactive ketones (excluding diaryl/α,β-unsaturated/α-hetero) is 1. The molecule has 10 heteroatoms. The van der Waals surface area contributed by atoms with Crippen LogP contribution in [0.2, 0.25) is 0 Å². The molecule has 0 fully saturated rings. The highest BCUT2D eigenvalue weighted by Gasteiger charge is 2.21. The van der Waals surface area contributed by atoms with Gasteiger partial charge in [-0.2, -0.15) is 4.98 Å². The van der Waals surface area contributed by atoms with Crippen molar-refractivity contribution in [1.29, 1.82) is 0 Å². The minimum atomic E-state index is -3.74. The Balaban J connectivity index is 2.13. The highest BCUT2D eigenvalue weighted by Crippen LogP contribution is 2.22. The van der Waals surface area contributed by atoms with Crippen LogP contribution in [0.1, 0.15) is 20.8 Å².